The van der Waals surface area contributed by atoms with Gasteiger partial charge in [-0.3, -0.25) is 19.8 Å². The Morgan fingerprint density at radius 1 is 1.14 bits per heavy atom. The number of pyridine rings is 2. The number of hydrogen-bond donors (Lipinski definition) is 3. The molecule has 4 heterocycles. The predicted molar refractivity (Wildman–Crippen MR) is 125 cm³/mol. The summed E-state index contributed by atoms with van der Waals surface area (Å²) in [5.74, 6) is 0.348. The molecule has 0 saturated carbocycles. The van der Waals surface area contributed by atoms with Crippen LogP contribution in [0.4, 0.5) is 19.0 Å². The third-order valence-electron chi connectivity index (χ3n) is 6.32. The van der Waals surface area contributed by atoms with Crippen LogP contribution in [0.25, 0.3) is 22.0 Å². The summed E-state index contributed by atoms with van der Waals surface area (Å²) in [5.41, 5.74) is 1.49. The number of piperazine rings is 1. The number of aromatic amines is 2. The van der Waals surface area contributed by atoms with E-state index in [4.69, 9.17) is 0 Å². The van der Waals surface area contributed by atoms with E-state index in [0.717, 1.165) is 29.1 Å². The highest BCUT2D eigenvalue weighted by Crippen LogP contribution is 2.31. The van der Waals surface area contributed by atoms with Crippen molar-refractivity contribution in [3.8, 4) is 17.1 Å². The molecule has 0 unspecified atom stereocenters. The number of aromatic hydroxyl groups is 1. The number of benzene rings is 1. The molecule has 3 aromatic heterocycles. The molecule has 4 aromatic rings. The number of nitrogens with one attached hydrogen (secondary N) is 2. The molecule has 8 nitrogen and oxygen atoms in total. The van der Waals surface area contributed by atoms with Gasteiger partial charge in [0.15, 0.2) is 5.88 Å². The van der Waals surface area contributed by atoms with Gasteiger partial charge in [-0.15, -0.1) is 0 Å². The van der Waals surface area contributed by atoms with Crippen LogP contribution in [0, 0.1) is 0 Å². The van der Waals surface area contributed by atoms with Crippen LogP contribution < -0.4 is 10.5 Å². The first-order valence-electron chi connectivity index (χ1n) is 11.1. The molecule has 0 bridgehead atoms. The van der Waals surface area contributed by atoms with Crippen LogP contribution in [0.2, 0.25) is 0 Å². The molecule has 1 atom stereocenters. The molecule has 1 aliphatic rings. The zero-order chi connectivity index (χ0) is 24.7. The van der Waals surface area contributed by atoms with Gasteiger partial charge in [-0.05, 0) is 30.5 Å². The summed E-state index contributed by atoms with van der Waals surface area (Å²) in [7, 11) is 0. The second-order valence-electron chi connectivity index (χ2n) is 8.73. The second kappa shape index (κ2) is 8.73. The molecular weight excluding hydrogens is 461 g/mol. The van der Waals surface area contributed by atoms with Crippen molar-refractivity contribution in [2.24, 2.45) is 0 Å². The number of hydrogen-bond acceptors (Lipinski definition) is 6. The van der Waals surface area contributed by atoms with Crippen LogP contribution in [0.3, 0.4) is 0 Å². The van der Waals surface area contributed by atoms with Crippen LogP contribution in [0.15, 0.2) is 53.6 Å². The minimum atomic E-state index is -4.40. The summed E-state index contributed by atoms with van der Waals surface area (Å²) >= 11 is 0. The highest BCUT2D eigenvalue weighted by molar-refractivity contribution is 5.90. The number of H-pyrrole nitrogens is 2. The third kappa shape index (κ3) is 4.59. The molecule has 182 valence electrons. The quantitative estimate of drug-likeness (QED) is 0.408. The van der Waals surface area contributed by atoms with E-state index in [1.54, 1.807) is 18.3 Å². The Kier molecular flexibility index (Phi) is 5.72. The topological polar surface area (TPSA) is 101 Å². The summed E-state index contributed by atoms with van der Waals surface area (Å²) in [6.45, 7) is 4.68. The molecule has 1 saturated heterocycles. The Hall–Kier alpha value is -3.86. The first-order chi connectivity index (χ1) is 16.7. The normalized spacial score (nSPS) is 17.3. The molecular formula is C24H23F3N6O2. The maximum atomic E-state index is 12.8. The molecule has 1 fully saturated rings. The van der Waals surface area contributed by atoms with Gasteiger partial charge in [0, 0.05) is 61.0 Å². The number of nitrogens with zero attached hydrogens (tertiary/aromatic N) is 4. The number of rotatable bonds is 4. The van der Waals surface area contributed by atoms with Crippen LogP contribution >= 0.6 is 0 Å². The van der Waals surface area contributed by atoms with E-state index < -0.39 is 11.7 Å². The van der Waals surface area contributed by atoms with Gasteiger partial charge in [-0.1, -0.05) is 12.1 Å². The minimum absolute atomic E-state index is 0.0535. The minimum Gasteiger partial charge on any atom is -0.494 e. The Balaban J connectivity index is 1.30. The van der Waals surface area contributed by atoms with Gasteiger partial charge in [0.2, 0.25) is 0 Å². The van der Waals surface area contributed by atoms with E-state index in [9.17, 15) is 23.1 Å². The van der Waals surface area contributed by atoms with Gasteiger partial charge >= 0.3 is 6.18 Å². The zero-order valence-electron chi connectivity index (χ0n) is 18.8. The van der Waals surface area contributed by atoms with E-state index in [-0.39, 0.29) is 17.5 Å². The Labute approximate surface area is 198 Å². The van der Waals surface area contributed by atoms with Gasteiger partial charge in [-0.25, -0.2) is 4.98 Å². The summed E-state index contributed by atoms with van der Waals surface area (Å²) in [4.78, 5) is 22.3. The second-order valence-corrected chi connectivity index (χ2v) is 8.73. The molecule has 1 aliphatic heterocycles. The number of fused-ring (bicyclic) bond motifs is 1. The lowest BCUT2D eigenvalue weighted by atomic mass is 10.0. The molecule has 0 aliphatic carbocycles. The summed E-state index contributed by atoms with van der Waals surface area (Å²) in [5, 5.41) is 18.6. The van der Waals surface area contributed by atoms with Crippen molar-refractivity contribution in [2.45, 2.75) is 25.7 Å². The zero-order valence-corrected chi connectivity index (χ0v) is 18.8. The number of alkyl halides is 3. The molecule has 0 spiro atoms. The van der Waals surface area contributed by atoms with Crippen molar-refractivity contribution in [1.82, 2.24) is 25.1 Å². The predicted octanol–water partition coefficient (Wildman–Crippen LogP) is 3.75. The van der Waals surface area contributed by atoms with E-state index >= 15 is 0 Å². The molecule has 35 heavy (non-hydrogen) atoms. The van der Waals surface area contributed by atoms with Crippen molar-refractivity contribution in [1.29, 1.82) is 0 Å². The van der Waals surface area contributed by atoms with Crippen LogP contribution in [0.1, 0.15) is 18.1 Å². The van der Waals surface area contributed by atoms with E-state index in [0.29, 0.717) is 42.8 Å². The van der Waals surface area contributed by atoms with Crippen LogP contribution in [-0.4, -0.2) is 55.8 Å². The van der Waals surface area contributed by atoms with Crippen LogP contribution in [-0.2, 0) is 12.7 Å². The van der Waals surface area contributed by atoms with Gasteiger partial charge in [0.1, 0.15) is 5.82 Å². The highest BCUT2D eigenvalue weighted by atomic mass is 19.4. The average molecular weight is 484 g/mol. The van der Waals surface area contributed by atoms with Crippen molar-refractivity contribution < 1.29 is 18.3 Å². The summed E-state index contributed by atoms with van der Waals surface area (Å²) in [6.07, 6.45) is -1.76. The fraction of sp³-hybridized carbons (Fsp3) is 0.292. The largest absolute Gasteiger partial charge is 0.494 e. The lowest BCUT2D eigenvalue weighted by molar-refractivity contribution is -0.137. The maximum absolute atomic E-state index is 12.8. The molecule has 11 heteroatoms. The van der Waals surface area contributed by atoms with E-state index in [1.165, 1.54) is 12.1 Å². The standard InChI is InChI=1S/C24H23F3N6O2/c1-14-12-32(6-7-33(14)20-5-4-18(11-28-20)24(25,26)27)13-17-10-29-31-22(17)16-3-2-15-9-21(34)30-23(35)19(15)8-16/h2-5,8-11,14H,6-7,12-13H2,1H3,(H,29,31)(H2,30,34,35)/t14-/m1/s1. The maximum Gasteiger partial charge on any atom is 0.417 e. The number of aromatic nitrogens is 4. The lowest BCUT2D eigenvalue weighted by Gasteiger charge is -2.40. The third-order valence-corrected chi connectivity index (χ3v) is 6.32. The molecule has 3 N–H and O–H groups in total. The van der Waals surface area contributed by atoms with Crippen LogP contribution in [0.5, 0.6) is 5.88 Å². The monoisotopic (exact) mass is 484 g/mol. The number of halogens is 3. The SMILES string of the molecule is C[C@@H]1CN(Cc2cn[nH]c2-c2ccc3cc(=O)[nH]c(O)c3c2)CCN1c1ccc(C(F)(F)F)cn1. The van der Waals surface area contributed by atoms with Gasteiger partial charge < -0.3 is 10.0 Å². The van der Waals surface area contributed by atoms with Crippen molar-refractivity contribution in [3.63, 3.8) is 0 Å². The molecule has 0 radical (unpaired) electrons. The summed E-state index contributed by atoms with van der Waals surface area (Å²) < 4.78 is 38.5. The Morgan fingerprint density at radius 3 is 2.69 bits per heavy atom. The highest BCUT2D eigenvalue weighted by Gasteiger charge is 2.32. The smallest absolute Gasteiger partial charge is 0.417 e. The van der Waals surface area contributed by atoms with Crippen molar-refractivity contribution in [2.75, 3.05) is 24.5 Å². The molecule has 5 rings (SSSR count). The fourth-order valence-electron chi connectivity index (χ4n) is 4.57. The van der Waals surface area contributed by atoms with Crippen molar-refractivity contribution in [3.05, 3.63) is 70.3 Å². The molecule has 0 amide bonds. The first-order valence-corrected chi connectivity index (χ1v) is 11.1. The van der Waals surface area contributed by atoms with Gasteiger partial charge in [-0.2, -0.15) is 18.3 Å². The van der Waals surface area contributed by atoms with Gasteiger partial charge in [0.25, 0.3) is 5.56 Å². The molecule has 1 aromatic carbocycles. The Morgan fingerprint density at radius 2 is 1.97 bits per heavy atom. The Bertz CT molecular complexity index is 1410. The number of anilines is 1. The van der Waals surface area contributed by atoms with E-state index in [1.807, 2.05) is 17.9 Å². The van der Waals surface area contributed by atoms with E-state index in [2.05, 4.69) is 25.1 Å². The van der Waals surface area contributed by atoms with Gasteiger partial charge in [0.05, 0.1) is 17.5 Å². The first kappa shape index (κ1) is 22.9. The lowest BCUT2D eigenvalue weighted by Crippen LogP contribution is -2.51. The average Bonchev–Trinajstić information content (AvgIpc) is 3.26. The van der Waals surface area contributed by atoms with Crippen molar-refractivity contribution >= 4 is 16.6 Å². The summed E-state index contributed by atoms with van der Waals surface area (Å²) in [6, 6.07) is 9.42. The fourth-order valence-corrected chi connectivity index (χ4v) is 4.57.